The van der Waals surface area contributed by atoms with E-state index in [1.165, 1.54) is 11.3 Å². The normalized spacial score (nSPS) is 12.6. The summed E-state index contributed by atoms with van der Waals surface area (Å²) in [5.41, 5.74) is 0. The van der Waals surface area contributed by atoms with Crippen molar-refractivity contribution in [2.75, 3.05) is 25.6 Å². The van der Waals surface area contributed by atoms with Crippen molar-refractivity contribution in [3.05, 3.63) is 11.7 Å². The highest BCUT2D eigenvalue weighted by Gasteiger charge is 2.17. The summed E-state index contributed by atoms with van der Waals surface area (Å²) in [4.78, 5) is 4.32. The third-order valence-electron chi connectivity index (χ3n) is 2.41. The molecule has 9 heteroatoms. The Morgan fingerprint density at radius 3 is 3.00 bits per heavy atom. The molecule has 0 radical (unpaired) electrons. The molecule has 2 rings (SSSR count). The summed E-state index contributed by atoms with van der Waals surface area (Å²) in [7, 11) is 1.67. The summed E-state index contributed by atoms with van der Waals surface area (Å²) in [6, 6.07) is 0. The minimum atomic E-state index is 0.0579. The first-order valence-electron chi connectivity index (χ1n) is 6.28. The fourth-order valence-corrected chi connectivity index (χ4v) is 3.32. The van der Waals surface area contributed by atoms with Crippen molar-refractivity contribution in [2.24, 2.45) is 0 Å². The molecule has 110 valence electrons. The van der Waals surface area contributed by atoms with Crippen LogP contribution in [0.3, 0.4) is 0 Å². The van der Waals surface area contributed by atoms with E-state index in [0.717, 1.165) is 28.3 Å². The molecule has 2 aromatic rings. The third-order valence-corrected chi connectivity index (χ3v) is 4.47. The van der Waals surface area contributed by atoms with Crippen molar-refractivity contribution in [3.8, 4) is 0 Å². The highest BCUT2D eigenvalue weighted by Crippen LogP contribution is 2.36. The highest BCUT2D eigenvalue weighted by molar-refractivity contribution is 8.01. The van der Waals surface area contributed by atoms with Gasteiger partial charge in [-0.3, -0.25) is 0 Å². The largest absolute Gasteiger partial charge is 0.383 e. The van der Waals surface area contributed by atoms with Gasteiger partial charge in [-0.1, -0.05) is 35.2 Å². The SMILES string of the molecule is CCc1noc(C(C)Sc2nnc(NCCOC)s2)n1. The van der Waals surface area contributed by atoms with E-state index in [9.17, 15) is 0 Å². The second-order valence-corrected chi connectivity index (χ2v) is 6.52. The van der Waals surface area contributed by atoms with Gasteiger partial charge in [0.2, 0.25) is 11.0 Å². The van der Waals surface area contributed by atoms with E-state index in [0.29, 0.717) is 12.5 Å². The van der Waals surface area contributed by atoms with E-state index in [4.69, 9.17) is 9.26 Å². The van der Waals surface area contributed by atoms with Crippen LogP contribution in [0, 0.1) is 0 Å². The predicted octanol–water partition coefficient (Wildman–Crippen LogP) is 2.40. The van der Waals surface area contributed by atoms with Gasteiger partial charge in [0.05, 0.1) is 11.9 Å². The van der Waals surface area contributed by atoms with Gasteiger partial charge in [-0.2, -0.15) is 4.98 Å². The number of aryl methyl sites for hydroxylation is 1. The van der Waals surface area contributed by atoms with Crippen molar-refractivity contribution in [1.29, 1.82) is 0 Å². The van der Waals surface area contributed by atoms with Crippen molar-refractivity contribution >= 4 is 28.2 Å². The van der Waals surface area contributed by atoms with E-state index in [-0.39, 0.29) is 5.25 Å². The lowest BCUT2D eigenvalue weighted by Gasteiger charge is -2.01. The maximum absolute atomic E-state index is 5.22. The summed E-state index contributed by atoms with van der Waals surface area (Å²) >= 11 is 3.06. The first kappa shape index (κ1) is 15.2. The van der Waals surface area contributed by atoms with E-state index in [2.05, 4.69) is 25.7 Å². The van der Waals surface area contributed by atoms with Crippen LogP contribution in [0.25, 0.3) is 0 Å². The number of anilines is 1. The second-order valence-electron chi connectivity index (χ2n) is 3.96. The van der Waals surface area contributed by atoms with Crippen LogP contribution in [0.1, 0.15) is 30.8 Å². The van der Waals surface area contributed by atoms with Crippen LogP contribution < -0.4 is 5.32 Å². The van der Waals surface area contributed by atoms with Gasteiger partial charge in [0.15, 0.2) is 10.2 Å². The molecule has 7 nitrogen and oxygen atoms in total. The maximum atomic E-state index is 5.22. The lowest BCUT2D eigenvalue weighted by Crippen LogP contribution is -2.06. The molecule has 1 atom stereocenters. The van der Waals surface area contributed by atoms with Crippen LogP contribution in [0.2, 0.25) is 0 Å². The van der Waals surface area contributed by atoms with Gasteiger partial charge in [-0.25, -0.2) is 0 Å². The molecular weight excluding hydrogens is 298 g/mol. The van der Waals surface area contributed by atoms with Gasteiger partial charge in [-0.05, 0) is 6.92 Å². The number of thioether (sulfide) groups is 1. The fourth-order valence-electron chi connectivity index (χ4n) is 1.37. The monoisotopic (exact) mass is 315 g/mol. The standard InChI is InChI=1S/C11H17N5O2S2/c1-4-8-13-9(18-16-8)7(2)19-11-15-14-10(20-11)12-5-6-17-3/h7H,4-6H2,1-3H3,(H,12,14). The van der Waals surface area contributed by atoms with Gasteiger partial charge in [0, 0.05) is 20.1 Å². The summed E-state index contributed by atoms with van der Waals surface area (Å²) in [6.07, 6.45) is 0.771. The number of nitrogens with one attached hydrogen (secondary N) is 1. The molecule has 0 saturated carbocycles. The lowest BCUT2D eigenvalue weighted by molar-refractivity contribution is 0.211. The Morgan fingerprint density at radius 2 is 2.30 bits per heavy atom. The Labute approximate surface area is 125 Å². The van der Waals surface area contributed by atoms with Crippen molar-refractivity contribution in [3.63, 3.8) is 0 Å². The molecule has 2 heterocycles. The molecule has 0 aliphatic rings. The molecule has 1 unspecified atom stereocenters. The molecule has 0 bridgehead atoms. The lowest BCUT2D eigenvalue weighted by atomic mass is 10.4. The molecule has 0 saturated heterocycles. The molecule has 20 heavy (non-hydrogen) atoms. The Hall–Kier alpha value is -1.19. The smallest absolute Gasteiger partial charge is 0.239 e. The van der Waals surface area contributed by atoms with E-state index < -0.39 is 0 Å². The predicted molar refractivity (Wildman–Crippen MR) is 78.2 cm³/mol. The van der Waals surface area contributed by atoms with E-state index >= 15 is 0 Å². The Bertz CT molecular complexity index is 530. The van der Waals surface area contributed by atoms with E-state index in [1.807, 2.05) is 13.8 Å². The number of aromatic nitrogens is 4. The minimum Gasteiger partial charge on any atom is -0.383 e. The van der Waals surface area contributed by atoms with Crippen molar-refractivity contribution in [2.45, 2.75) is 29.9 Å². The summed E-state index contributed by atoms with van der Waals surface area (Å²) in [5.74, 6) is 1.35. The minimum absolute atomic E-state index is 0.0579. The third kappa shape index (κ3) is 4.15. The first-order valence-corrected chi connectivity index (χ1v) is 7.98. The topological polar surface area (TPSA) is 86.0 Å². The summed E-state index contributed by atoms with van der Waals surface area (Å²) < 4.78 is 11.1. The Morgan fingerprint density at radius 1 is 1.45 bits per heavy atom. The average Bonchev–Trinajstić information content (AvgIpc) is 3.08. The molecule has 1 N–H and O–H groups in total. The van der Waals surface area contributed by atoms with Crippen molar-refractivity contribution < 1.29 is 9.26 Å². The molecule has 0 fully saturated rings. The molecule has 0 spiro atoms. The number of methoxy groups -OCH3 is 1. The zero-order chi connectivity index (χ0) is 14.4. The fraction of sp³-hybridized carbons (Fsp3) is 0.636. The highest BCUT2D eigenvalue weighted by atomic mass is 32.2. The Kier molecular flexibility index (Phi) is 5.74. The molecule has 0 aromatic carbocycles. The molecule has 0 amide bonds. The molecular formula is C11H17N5O2S2. The number of rotatable bonds is 8. The Balaban J connectivity index is 1.89. The second kappa shape index (κ2) is 7.55. The van der Waals surface area contributed by atoms with Crippen LogP contribution in [-0.4, -0.2) is 40.6 Å². The molecule has 0 aliphatic carbocycles. The van der Waals surface area contributed by atoms with E-state index in [1.54, 1.807) is 18.9 Å². The first-order chi connectivity index (χ1) is 9.72. The van der Waals surface area contributed by atoms with Gasteiger partial charge < -0.3 is 14.6 Å². The summed E-state index contributed by atoms with van der Waals surface area (Å²) in [5, 5.41) is 16.1. The van der Waals surface area contributed by atoms with Gasteiger partial charge in [0.25, 0.3) is 0 Å². The number of ether oxygens (including phenoxy) is 1. The summed E-state index contributed by atoms with van der Waals surface area (Å²) in [6.45, 7) is 5.36. The maximum Gasteiger partial charge on any atom is 0.239 e. The van der Waals surface area contributed by atoms with Crippen LogP contribution in [0.5, 0.6) is 0 Å². The molecule has 0 aliphatic heterocycles. The van der Waals surface area contributed by atoms with Crippen LogP contribution in [0.15, 0.2) is 8.86 Å². The number of nitrogens with zero attached hydrogens (tertiary/aromatic N) is 4. The van der Waals surface area contributed by atoms with Crippen LogP contribution >= 0.6 is 23.1 Å². The van der Waals surface area contributed by atoms with Crippen molar-refractivity contribution in [1.82, 2.24) is 20.3 Å². The zero-order valence-corrected chi connectivity index (χ0v) is 13.3. The quantitative estimate of drug-likeness (QED) is 0.587. The molecule has 2 aromatic heterocycles. The number of hydrogen-bond donors (Lipinski definition) is 1. The zero-order valence-electron chi connectivity index (χ0n) is 11.6. The number of hydrogen-bond acceptors (Lipinski definition) is 9. The average molecular weight is 315 g/mol. The van der Waals surface area contributed by atoms with Crippen LogP contribution in [0.4, 0.5) is 5.13 Å². The van der Waals surface area contributed by atoms with Crippen LogP contribution in [-0.2, 0) is 11.2 Å². The van der Waals surface area contributed by atoms with Gasteiger partial charge in [0.1, 0.15) is 0 Å². The van der Waals surface area contributed by atoms with Gasteiger partial charge >= 0.3 is 0 Å². The van der Waals surface area contributed by atoms with Gasteiger partial charge in [-0.15, -0.1) is 10.2 Å².